The lowest BCUT2D eigenvalue weighted by atomic mass is 9.83. The first-order chi connectivity index (χ1) is 21.6. The van der Waals surface area contributed by atoms with Crippen LogP contribution in [0.25, 0.3) is 0 Å². The van der Waals surface area contributed by atoms with E-state index in [1.165, 1.54) is 0 Å². The number of hydrogen-bond acceptors (Lipinski definition) is 9. The second-order valence-corrected chi connectivity index (χ2v) is 11.7. The Hall–Kier alpha value is -4.57. The number of carbonyl (C=O) groups excluding carboxylic acids is 2. The van der Waals surface area contributed by atoms with Crippen LogP contribution in [0, 0.1) is 0 Å². The summed E-state index contributed by atoms with van der Waals surface area (Å²) >= 11 is 0. The van der Waals surface area contributed by atoms with Gasteiger partial charge in [0.1, 0.15) is 22.8 Å². The van der Waals surface area contributed by atoms with E-state index in [1.54, 1.807) is 65.3 Å². The number of methoxy groups -OCH3 is 2. The number of carbonyl (C=O) groups is 2. The number of nitrogens with zero attached hydrogens (tertiary/aromatic N) is 1. The van der Waals surface area contributed by atoms with Crippen molar-refractivity contribution < 1.29 is 38.4 Å². The highest BCUT2D eigenvalue weighted by Crippen LogP contribution is 2.44. The molecule has 1 aliphatic heterocycles. The summed E-state index contributed by atoms with van der Waals surface area (Å²) in [6.07, 6.45) is -0.386. The van der Waals surface area contributed by atoms with Crippen molar-refractivity contribution in [2.24, 2.45) is 4.99 Å². The van der Waals surface area contributed by atoms with Gasteiger partial charge in [-0.2, -0.15) is 0 Å². The molecule has 1 aliphatic rings. The fraction of sp³-hybridized carbons (Fsp3) is 0.400. The Morgan fingerprint density at radius 3 is 2.29 bits per heavy atom. The summed E-state index contributed by atoms with van der Waals surface area (Å²) in [6.45, 7) is 6.05. The van der Waals surface area contributed by atoms with Crippen LogP contribution < -0.4 is 19.5 Å². The van der Waals surface area contributed by atoms with E-state index >= 15 is 0 Å². The van der Waals surface area contributed by atoms with Crippen molar-refractivity contribution in [3.05, 3.63) is 89.5 Å². The maximum Gasteiger partial charge on any atom is 0.306 e. The van der Waals surface area contributed by atoms with Gasteiger partial charge in [-0.25, -0.2) is 4.99 Å². The molecule has 1 heterocycles. The highest BCUT2D eigenvalue weighted by atomic mass is 16.6. The van der Waals surface area contributed by atoms with Gasteiger partial charge in [0.15, 0.2) is 11.6 Å². The van der Waals surface area contributed by atoms with Gasteiger partial charge in [0, 0.05) is 31.6 Å². The van der Waals surface area contributed by atoms with Crippen molar-refractivity contribution in [3.63, 3.8) is 0 Å². The molecule has 2 N–H and O–H groups in total. The molecule has 2 atom stereocenters. The molecule has 240 valence electrons. The first kappa shape index (κ1) is 33.3. The summed E-state index contributed by atoms with van der Waals surface area (Å²) in [4.78, 5) is 32.2. The van der Waals surface area contributed by atoms with Gasteiger partial charge in [0.05, 0.1) is 20.8 Å². The van der Waals surface area contributed by atoms with E-state index in [2.05, 4.69) is 5.32 Å². The Balaban J connectivity index is 1.72. The second-order valence-electron chi connectivity index (χ2n) is 11.7. The third-order valence-electron chi connectivity index (χ3n) is 7.17. The Kier molecular flexibility index (Phi) is 11.1. The lowest BCUT2D eigenvalue weighted by Gasteiger charge is -2.31. The van der Waals surface area contributed by atoms with Gasteiger partial charge in [0.2, 0.25) is 5.90 Å². The third kappa shape index (κ3) is 8.76. The highest BCUT2D eigenvalue weighted by Gasteiger charge is 2.53. The first-order valence-corrected chi connectivity index (χ1v) is 14.9. The van der Waals surface area contributed by atoms with Gasteiger partial charge in [-0.1, -0.05) is 24.3 Å². The van der Waals surface area contributed by atoms with Gasteiger partial charge in [-0.15, -0.1) is 0 Å². The van der Waals surface area contributed by atoms with Gasteiger partial charge in [0.25, 0.3) is 5.91 Å². The smallest absolute Gasteiger partial charge is 0.306 e. The van der Waals surface area contributed by atoms with E-state index in [9.17, 15) is 9.59 Å². The largest absolute Gasteiger partial charge is 0.497 e. The topological polar surface area (TPSA) is 125 Å². The molecule has 3 aromatic carbocycles. The van der Waals surface area contributed by atoms with E-state index in [0.29, 0.717) is 41.4 Å². The summed E-state index contributed by atoms with van der Waals surface area (Å²) in [5.41, 5.74) is -0.0274. The third-order valence-corrected chi connectivity index (χ3v) is 7.17. The van der Waals surface area contributed by atoms with Crippen molar-refractivity contribution in [2.45, 2.75) is 63.8 Å². The Morgan fingerprint density at radius 2 is 1.64 bits per heavy atom. The molecule has 0 aliphatic carbocycles. The van der Waals surface area contributed by atoms with Gasteiger partial charge < -0.3 is 34.1 Å². The first-order valence-electron chi connectivity index (χ1n) is 14.9. The standard InChI is InChI=1S/C35H42N2O8/c1-34(2,3)45-30(39)18-19-35(33(40)36-23-24-10-14-27(41-4)15-11-24)31(26-8-6-9-29(22-26)42-5)44-32(37-35)25-12-16-28(17-13-25)43-21-7-20-38/h6,8-17,22,31,38H,7,18-21,23H2,1-5H3,(H,36,40)/t31-,35-/m1/s1. The van der Waals surface area contributed by atoms with Gasteiger partial charge in [-0.05, 0) is 86.8 Å². The molecule has 0 fully saturated rings. The zero-order chi connectivity index (χ0) is 32.5. The van der Waals surface area contributed by atoms with Gasteiger partial charge in [-0.3, -0.25) is 9.59 Å². The number of amides is 1. The van der Waals surface area contributed by atoms with Gasteiger partial charge >= 0.3 is 5.97 Å². The van der Waals surface area contributed by atoms with Crippen molar-refractivity contribution >= 4 is 17.8 Å². The maximum absolute atomic E-state index is 14.3. The average molecular weight is 619 g/mol. The molecule has 1 amide bonds. The van der Waals surface area contributed by atoms with Crippen molar-refractivity contribution in [3.8, 4) is 17.2 Å². The summed E-state index contributed by atoms with van der Waals surface area (Å²) in [5.74, 6) is 1.35. The van der Waals surface area contributed by atoms with E-state index in [-0.39, 0.29) is 31.9 Å². The number of hydrogen-bond donors (Lipinski definition) is 2. The molecule has 0 radical (unpaired) electrons. The highest BCUT2D eigenvalue weighted by molar-refractivity contribution is 6.01. The summed E-state index contributed by atoms with van der Waals surface area (Å²) in [6, 6.07) is 21.8. The van der Waals surface area contributed by atoms with Crippen LogP contribution in [0.5, 0.6) is 17.2 Å². The number of aliphatic imine (C=N–C) groups is 1. The van der Waals surface area contributed by atoms with Crippen LogP contribution in [0.15, 0.2) is 77.8 Å². The zero-order valence-electron chi connectivity index (χ0n) is 26.5. The van der Waals surface area contributed by atoms with E-state index < -0.39 is 29.1 Å². The number of benzene rings is 3. The Morgan fingerprint density at radius 1 is 0.956 bits per heavy atom. The van der Waals surface area contributed by atoms with Crippen LogP contribution in [-0.4, -0.2) is 61.5 Å². The average Bonchev–Trinajstić information content (AvgIpc) is 3.43. The van der Waals surface area contributed by atoms with E-state index in [1.807, 2.05) is 42.5 Å². The van der Waals surface area contributed by atoms with Crippen LogP contribution in [0.1, 0.15) is 62.8 Å². The predicted molar refractivity (Wildman–Crippen MR) is 170 cm³/mol. The molecule has 10 heteroatoms. The number of esters is 1. The van der Waals surface area contributed by atoms with Crippen LogP contribution in [-0.2, 0) is 25.6 Å². The van der Waals surface area contributed by atoms with Crippen LogP contribution >= 0.6 is 0 Å². The fourth-order valence-electron chi connectivity index (χ4n) is 4.94. The minimum Gasteiger partial charge on any atom is -0.497 e. The van der Waals surface area contributed by atoms with Crippen molar-refractivity contribution in [1.82, 2.24) is 5.32 Å². The monoisotopic (exact) mass is 618 g/mol. The summed E-state index contributed by atoms with van der Waals surface area (Å²) in [5, 5.41) is 12.1. The van der Waals surface area contributed by atoms with Crippen LogP contribution in [0.2, 0.25) is 0 Å². The molecule has 10 nitrogen and oxygen atoms in total. The quantitative estimate of drug-likeness (QED) is 0.188. The molecule has 0 saturated carbocycles. The SMILES string of the molecule is COc1ccc(CNC(=O)[C@]2(CCC(=O)OC(C)(C)C)N=C(c3ccc(OCCCO)cc3)O[C@@H]2c2cccc(OC)c2)cc1. The molecular weight excluding hydrogens is 576 g/mol. The Labute approximate surface area is 264 Å². The number of aliphatic hydroxyl groups is 1. The second kappa shape index (κ2) is 14.9. The predicted octanol–water partition coefficient (Wildman–Crippen LogP) is 5.16. The Bertz CT molecular complexity index is 1460. The molecule has 3 aromatic rings. The van der Waals surface area contributed by atoms with E-state index in [0.717, 1.165) is 5.56 Å². The summed E-state index contributed by atoms with van der Waals surface area (Å²) < 4.78 is 28.5. The number of rotatable bonds is 14. The lowest BCUT2D eigenvalue weighted by Crippen LogP contribution is -2.48. The minimum absolute atomic E-state index is 0.0318. The minimum atomic E-state index is -1.51. The number of nitrogens with one attached hydrogen (secondary N) is 1. The van der Waals surface area contributed by atoms with Crippen LogP contribution in [0.4, 0.5) is 0 Å². The van der Waals surface area contributed by atoms with E-state index in [4.69, 9.17) is 33.8 Å². The molecule has 0 aromatic heterocycles. The molecule has 0 spiro atoms. The number of aliphatic hydroxyl groups excluding tert-OH is 1. The molecule has 4 rings (SSSR count). The zero-order valence-corrected chi connectivity index (χ0v) is 26.5. The number of ether oxygens (including phenoxy) is 5. The van der Waals surface area contributed by atoms with Crippen molar-refractivity contribution in [2.75, 3.05) is 27.4 Å². The lowest BCUT2D eigenvalue weighted by molar-refractivity contribution is -0.155. The molecule has 0 unspecified atom stereocenters. The fourth-order valence-corrected chi connectivity index (χ4v) is 4.94. The molecular formula is C35H42N2O8. The van der Waals surface area contributed by atoms with Crippen molar-refractivity contribution in [1.29, 1.82) is 0 Å². The molecule has 45 heavy (non-hydrogen) atoms. The maximum atomic E-state index is 14.3. The molecule has 0 bridgehead atoms. The summed E-state index contributed by atoms with van der Waals surface area (Å²) in [7, 11) is 3.16. The molecule has 0 saturated heterocycles. The van der Waals surface area contributed by atoms with Crippen LogP contribution in [0.3, 0.4) is 0 Å². The normalized spacial score (nSPS) is 17.6.